The maximum Gasteiger partial charge on any atom is 0.191 e. The highest BCUT2D eigenvalue weighted by atomic mass is 19.1. The van der Waals surface area contributed by atoms with Crippen LogP contribution in [0.1, 0.15) is 85.5 Å². The molecule has 0 amide bonds. The van der Waals surface area contributed by atoms with Crippen LogP contribution in [0.4, 0.5) is 4.39 Å². The van der Waals surface area contributed by atoms with Crippen molar-refractivity contribution < 1.29 is 23.3 Å². The summed E-state index contributed by atoms with van der Waals surface area (Å²) in [4.78, 5) is 0. The van der Waals surface area contributed by atoms with E-state index in [0.29, 0.717) is 19.8 Å². The molecule has 26 heavy (non-hydrogen) atoms. The number of halogens is 1. The molecule has 0 aromatic rings. The minimum absolute atomic E-state index is 0.240. The van der Waals surface area contributed by atoms with Gasteiger partial charge in [-0.1, -0.05) is 59.3 Å². The van der Waals surface area contributed by atoms with Crippen LogP contribution in [0.25, 0.3) is 0 Å². The molecular weight excluding hydrogens is 335 g/mol. The normalized spacial score (nSPS) is 29.2. The van der Waals surface area contributed by atoms with Gasteiger partial charge in [0.1, 0.15) is 12.2 Å². The van der Waals surface area contributed by atoms with E-state index in [1.54, 1.807) is 0 Å². The van der Waals surface area contributed by atoms with Gasteiger partial charge in [-0.25, -0.2) is 4.39 Å². The van der Waals surface area contributed by atoms with Crippen molar-refractivity contribution in [2.24, 2.45) is 0 Å². The second-order valence-corrected chi connectivity index (χ2v) is 7.32. The van der Waals surface area contributed by atoms with Crippen LogP contribution in [0.2, 0.25) is 0 Å². The first-order chi connectivity index (χ1) is 12.7. The molecule has 4 nitrogen and oxygen atoms in total. The van der Waals surface area contributed by atoms with Crippen molar-refractivity contribution in [1.29, 1.82) is 0 Å². The molecule has 1 saturated heterocycles. The van der Waals surface area contributed by atoms with Crippen molar-refractivity contribution in [2.75, 3.05) is 19.8 Å². The predicted octanol–water partition coefficient (Wildman–Crippen LogP) is 5.43. The van der Waals surface area contributed by atoms with Crippen LogP contribution in [0.5, 0.6) is 0 Å². The van der Waals surface area contributed by atoms with Gasteiger partial charge in [-0.05, 0) is 26.2 Å². The average Bonchev–Trinajstić information content (AvgIpc) is 2.64. The number of unbranched alkanes of at least 4 members (excludes halogenated alkanes) is 6. The monoisotopic (exact) mass is 376 g/mol. The molecular formula is C21H41FO4. The van der Waals surface area contributed by atoms with Crippen molar-refractivity contribution in [3.63, 3.8) is 0 Å². The van der Waals surface area contributed by atoms with Gasteiger partial charge in [0, 0.05) is 19.8 Å². The van der Waals surface area contributed by atoms with Gasteiger partial charge in [-0.3, -0.25) is 0 Å². The van der Waals surface area contributed by atoms with Crippen molar-refractivity contribution in [3.8, 4) is 0 Å². The molecule has 5 atom stereocenters. The molecule has 0 unspecified atom stereocenters. The summed E-state index contributed by atoms with van der Waals surface area (Å²) >= 11 is 0. The molecule has 0 saturated carbocycles. The fourth-order valence-electron chi connectivity index (χ4n) is 3.21. The third kappa shape index (κ3) is 8.64. The molecule has 1 aliphatic rings. The molecule has 1 fully saturated rings. The molecule has 1 aliphatic heterocycles. The molecule has 0 spiro atoms. The van der Waals surface area contributed by atoms with E-state index >= 15 is 4.39 Å². The van der Waals surface area contributed by atoms with Crippen LogP contribution >= 0.6 is 0 Å². The summed E-state index contributed by atoms with van der Waals surface area (Å²) in [5, 5.41) is 0. The molecule has 156 valence electrons. The van der Waals surface area contributed by atoms with Crippen LogP contribution in [0.15, 0.2) is 0 Å². The van der Waals surface area contributed by atoms with Crippen LogP contribution in [-0.2, 0) is 18.9 Å². The van der Waals surface area contributed by atoms with Gasteiger partial charge in [0.25, 0.3) is 0 Å². The minimum Gasteiger partial charge on any atom is -0.373 e. The Morgan fingerprint density at radius 3 is 1.65 bits per heavy atom. The van der Waals surface area contributed by atoms with E-state index in [-0.39, 0.29) is 12.2 Å². The Morgan fingerprint density at radius 1 is 0.692 bits per heavy atom. The Bertz CT molecular complexity index is 329. The molecule has 0 aliphatic carbocycles. The van der Waals surface area contributed by atoms with Gasteiger partial charge >= 0.3 is 0 Å². The largest absolute Gasteiger partial charge is 0.373 e. The molecule has 0 radical (unpaired) electrons. The average molecular weight is 377 g/mol. The van der Waals surface area contributed by atoms with E-state index in [4.69, 9.17) is 18.9 Å². The summed E-state index contributed by atoms with van der Waals surface area (Å²) in [5.74, 6) is 0. The number of ether oxygens (including phenoxy) is 4. The lowest BCUT2D eigenvalue weighted by Crippen LogP contribution is -2.57. The van der Waals surface area contributed by atoms with Gasteiger partial charge in [-0.15, -0.1) is 0 Å². The topological polar surface area (TPSA) is 36.9 Å². The van der Waals surface area contributed by atoms with Crippen LogP contribution in [-0.4, -0.2) is 50.6 Å². The first-order valence-electron chi connectivity index (χ1n) is 10.8. The Kier molecular flexibility index (Phi) is 13.5. The van der Waals surface area contributed by atoms with E-state index in [0.717, 1.165) is 57.8 Å². The van der Waals surface area contributed by atoms with E-state index in [1.807, 2.05) is 6.92 Å². The summed E-state index contributed by atoms with van der Waals surface area (Å²) in [5.41, 5.74) is 0. The highest BCUT2D eigenvalue weighted by Gasteiger charge is 2.46. The molecule has 1 rings (SSSR count). The molecule has 0 bridgehead atoms. The summed E-state index contributed by atoms with van der Waals surface area (Å²) in [6.07, 6.45) is 6.11. The lowest BCUT2D eigenvalue weighted by molar-refractivity contribution is -0.292. The predicted molar refractivity (Wildman–Crippen MR) is 103 cm³/mol. The van der Waals surface area contributed by atoms with E-state index < -0.39 is 18.6 Å². The lowest BCUT2D eigenvalue weighted by atomic mass is 10.00. The Balaban J connectivity index is 2.59. The highest BCUT2D eigenvalue weighted by Crippen LogP contribution is 2.29. The van der Waals surface area contributed by atoms with E-state index in [2.05, 4.69) is 20.8 Å². The minimum atomic E-state index is -1.31. The first kappa shape index (κ1) is 23.8. The number of hydrogen-bond acceptors (Lipinski definition) is 4. The Hall–Kier alpha value is -0.230. The molecule has 0 aromatic heterocycles. The van der Waals surface area contributed by atoms with Crippen molar-refractivity contribution in [2.45, 2.75) is 116 Å². The van der Waals surface area contributed by atoms with Crippen molar-refractivity contribution in [3.05, 3.63) is 0 Å². The Morgan fingerprint density at radius 2 is 1.15 bits per heavy atom. The van der Waals surface area contributed by atoms with Crippen LogP contribution in [0, 0.1) is 0 Å². The summed E-state index contributed by atoms with van der Waals surface area (Å²) < 4.78 is 38.5. The molecule has 0 aromatic carbocycles. The third-order valence-corrected chi connectivity index (χ3v) is 4.86. The summed E-state index contributed by atoms with van der Waals surface area (Å²) in [6.45, 7) is 10.1. The molecule has 5 heteroatoms. The number of alkyl halides is 1. The standard InChI is InChI=1S/C21H41FO4/c1-5-8-11-14-23-19-17(4)26-21(25-16-13-10-7-3)18(22)20(19)24-15-12-9-6-2/h17-21H,5-16H2,1-4H3/t17-,18-,19+,20-,21+/m1/s1. The van der Waals surface area contributed by atoms with Crippen LogP contribution < -0.4 is 0 Å². The van der Waals surface area contributed by atoms with Gasteiger partial charge in [0.2, 0.25) is 0 Å². The van der Waals surface area contributed by atoms with Crippen molar-refractivity contribution in [1.82, 2.24) is 0 Å². The van der Waals surface area contributed by atoms with Crippen molar-refractivity contribution >= 4 is 0 Å². The second kappa shape index (κ2) is 14.8. The maximum atomic E-state index is 15.1. The summed E-state index contributed by atoms with van der Waals surface area (Å²) in [6, 6.07) is 0. The lowest BCUT2D eigenvalue weighted by Gasteiger charge is -2.42. The highest BCUT2D eigenvalue weighted by molar-refractivity contribution is 4.90. The summed E-state index contributed by atoms with van der Waals surface area (Å²) in [7, 11) is 0. The fourth-order valence-corrected chi connectivity index (χ4v) is 3.21. The maximum absolute atomic E-state index is 15.1. The zero-order valence-electron chi connectivity index (χ0n) is 17.4. The zero-order valence-corrected chi connectivity index (χ0v) is 17.4. The van der Waals surface area contributed by atoms with Gasteiger partial charge < -0.3 is 18.9 Å². The number of rotatable bonds is 15. The first-order valence-corrected chi connectivity index (χ1v) is 10.8. The third-order valence-electron chi connectivity index (χ3n) is 4.86. The van der Waals surface area contributed by atoms with E-state index in [1.165, 1.54) is 0 Å². The quantitative estimate of drug-likeness (QED) is 0.357. The van der Waals surface area contributed by atoms with E-state index in [9.17, 15) is 0 Å². The fraction of sp³-hybridized carbons (Fsp3) is 1.00. The molecule has 0 N–H and O–H groups in total. The SMILES string of the molecule is CCCCCO[C@H]1O[C@H](C)[C@H](OCCCCC)[C@H](OCCCCC)[C@H]1F. The smallest absolute Gasteiger partial charge is 0.191 e. The van der Waals surface area contributed by atoms with Gasteiger partial charge in [0.15, 0.2) is 12.5 Å². The van der Waals surface area contributed by atoms with Gasteiger partial charge in [0.05, 0.1) is 6.10 Å². The second-order valence-electron chi connectivity index (χ2n) is 7.32. The Labute approximate surface area is 160 Å². The number of hydrogen-bond donors (Lipinski definition) is 0. The van der Waals surface area contributed by atoms with Crippen LogP contribution in [0.3, 0.4) is 0 Å². The van der Waals surface area contributed by atoms with Gasteiger partial charge in [-0.2, -0.15) is 0 Å². The zero-order chi connectivity index (χ0) is 19.2. The molecule has 1 heterocycles.